The molecule has 2 aromatic rings. The first-order chi connectivity index (χ1) is 8.10. The van der Waals surface area contributed by atoms with Gasteiger partial charge in [-0.05, 0) is 24.3 Å². The molecule has 0 bridgehead atoms. The molecule has 17 heavy (non-hydrogen) atoms. The van der Waals surface area contributed by atoms with Gasteiger partial charge in [-0.2, -0.15) is 0 Å². The highest BCUT2D eigenvalue weighted by Crippen LogP contribution is 2.24. The van der Waals surface area contributed by atoms with Crippen LogP contribution in [0, 0.1) is 0 Å². The van der Waals surface area contributed by atoms with E-state index in [-0.39, 0.29) is 5.76 Å². The zero-order valence-electron chi connectivity index (χ0n) is 9.35. The molecular formula is C12H10O5. The molecule has 0 spiro atoms. The number of rotatable bonds is 2. The number of hydrogen-bond acceptors (Lipinski definition) is 5. The smallest absolute Gasteiger partial charge is 0.373 e. The highest BCUT2D eigenvalue weighted by molar-refractivity contribution is 5.93. The summed E-state index contributed by atoms with van der Waals surface area (Å²) in [5, 5.41) is 0.671. The van der Waals surface area contributed by atoms with Gasteiger partial charge >= 0.3 is 11.9 Å². The van der Waals surface area contributed by atoms with Crippen LogP contribution in [-0.4, -0.2) is 19.0 Å². The molecule has 0 aliphatic carbocycles. The van der Waals surface area contributed by atoms with Crippen molar-refractivity contribution in [1.82, 2.24) is 0 Å². The van der Waals surface area contributed by atoms with Crippen molar-refractivity contribution in [1.29, 1.82) is 0 Å². The quantitative estimate of drug-likeness (QED) is 0.588. The molecule has 5 heteroatoms. The van der Waals surface area contributed by atoms with E-state index in [0.717, 1.165) is 0 Å². The second kappa shape index (κ2) is 4.29. The minimum Gasteiger partial charge on any atom is -0.463 e. The molecule has 5 nitrogen and oxygen atoms in total. The topological polar surface area (TPSA) is 65.7 Å². The van der Waals surface area contributed by atoms with Crippen LogP contribution >= 0.6 is 0 Å². The second-order valence-corrected chi connectivity index (χ2v) is 3.40. The van der Waals surface area contributed by atoms with Crippen molar-refractivity contribution in [2.24, 2.45) is 0 Å². The van der Waals surface area contributed by atoms with E-state index in [2.05, 4.69) is 4.74 Å². The molecule has 0 atom stereocenters. The molecule has 2 rings (SSSR count). The van der Waals surface area contributed by atoms with E-state index in [4.69, 9.17) is 9.15 Å². The predicted molar refractivity (Wildman–Crippen MR) is 58.9 cm³/mol. The summed E-state index contributed by atoms with van der Waals surface area (Å²) in [5.74, 6) is -0.430. The Kier molecular flexibility index (Phi) is 2.82. The summed E-state index contributed by atoms with van der Waals surface area (Å²) in [4.78, 5) is 22.0. The molecule has 0 amide bonds. The molecule has 0 saturated carbocycles. The minimum absolute atomic E-state index is 0.113. The number of benzene rings is 1. The summed E-state index contributed by atoms with van der Waals surface area (Å²) < 4.78 is 14.7. The van der Waals surface area contributed by atoms with E-state index in [1.165, 1.54) is 20.1 Å². The lowest BCUT2D eigenvalue weighted by Crippen LogP contribution is -2.00. The fourth-order valence-electron chi connectivity index (χ4n) is 1.45. The van der Waals surface area contributed by atoms with E-state index < -0.39 is 11.9 Å². The largest absolute Gasteiger partial charge is 0.463 e. The number of carbonyl (C=O) groups is 2. The normalized spacial score (nSPS) is 10.2. The second-order valence-electron chi connectivity index (χ2n) is 3.40. The number of furan rings is 1. The number of carbonyl (C=O) groups excluding carboxylic acids is 2. The van der Waals surface area contributed by atoms with Crippen LogP contribution in [-0.2, 0) is 9.53 Å². The molecule has 0 fully saturated rings. The lowest BCUT2D eigenvalue weighted by atomic mass is 10.2. The van der Waals surface area contributed by atoms with Gasteiger partial charge in [0.25, 0.3) is 0 Å². The maximum atomic E-state index is 11.2. The molecule has 0 radical (unpaired) electrons. The van der Waals surface area contributed by atoms with Crippen molar-refractivity contribution < 1.29 is 23.5 Å². The SMILES string of the molecule is COC(=O)c1cc2cc(OC(C)=O)ccc2o1. The fourth-order valence-corrected chi connectivity index (χ4v) is 1.45. The number of ether oxygens (including phenoxy) is 2. The van der Waals surface area contributed by atoms with Crippen molar-refractivity contribution in [2.45, 2.75) is 6.92 Å². The van der Waals surface area contributed by atoms with Crippen molar-refractivity contribution >= 4 is 22.9 Å². The Morgan fingerprint density at radius 1 is 1.24 bits per heavy atom. The summed E-state index contributed by atoms with van der Waals surface area (Å²) in [6.45, 7) is 1.32. The van der Waals surface area contributed by atoms with Crippen LogP contribution < -0.4 is 4.74 Å². The van der Waals surface area contributed by atoms with E-state index in [0.29, 0.717) is 16.7 Å². The Morgan fingerprint density at radius 3 is 2.65 bits per heavy atom. The van der Waals surface area contributed by atoms with Crippen LogP contribution in [0.1, 0.15) is 17.5 Å². The van der Waals surface area contributed by atoms with E-state index in [1.807, 2.05) is 0 Å². The predicted octanol–water partition coefficient (Wildman–Crippen LogP) is 2.14. The van der Waals surface area contributed by atoms with Crippen LogP contribution in [0.15, 0.2) is 28.7 Å². The van der Waals surface area contributed by atoms with Crippen molar-refractivity contribution in [3.05, 3.63) is 30.0 Å². The molecule has 1 aromatic heterocycles. The molecule has 0 unspecified atom stereocenters. The lowest BCUT2D eigenvalue weighted by Gasteiger charge is -1.99. The number of hydrogen-bond donors (Lipinski definition) is 0. The van der Waals surface area contributed by atoms with E-state index in [9.17, 15) is 9.59 Å². The molecule has 0 aliphatic rings. The summed E-state index contributed by atoms with van der Waals surface area (Å²) in [5.41, 5.74) is 0.529. The maximum absolute atomic E-state index is 11.2. The first-order valence-electron chi connectivity index (χ1n) is 4.90. The van der Waals surface area contributed by atoms with Gasteiger partial charge in [-0.3, -0.25) is 4.79 Å². The van der Waals surface area contributed by atoms with Gasteiger partial charge in [0.2, 0.25) is 5.76 Å². The maximum Gasteiger partial charge on any atom is 0.373 e. The Hall–Kier alpha value is -2.30. The Labute approximate surface area is 96.9 Å². The monoisotopic (exact) mass is 234 g/mol. The van der Waals surface area contributed by atoms with Gasteiger partial charge in [0.1, 0.15) is 11.3 Å². The molecule has 0 saturated heterocycles. The fraction of sp³-hybridized carbons (Fsp3) is 0.167. The third kappa shape index (κ3) is 2.28. The van der Waals surface area contributed by atoms with Gasteiger partial charge in [0, 0.05) is 12.3 Å². The highest BCUT2D eigenvalue weighted by Gasteiger charge is 2.12. The van der Waals surface area contributed by atoms with E-state index >= 15 is 0 Å². The molecule has 0 aliphatic heterocycles. The number of esters is 2. The van der Waals surface area contributed by atoms with Gasteiger partial charge in [0.15, 0.2) is 0 Å². The Bertz CT molecular complexity index is 582. The standard InChI is InChI=1S/C12H10O5/c1-7(13)16-9-3-4-10-8(5-9)6-11(17-10)12(14)15-2/h3-6H,1-2H3. The first kappa shape index (κ1) is 11.2. The van der Waals surface area contributed by atoms with Crippen LogP contribution in [0.2, 0.25) is 0 Å². The zero-order valence-corrected chi connectivity index (χ0v) is 9.35. The average Bonchev–Trinajstić information content (AvgIpc) is 2.70. The van der Waals surface area contributed by atoms with Gasteiger partial charge < -0.3 is 13.9 Å². The van der Waals surface area contributed by atoms with Gasteiger partial charge in [-0.25, -0.2) is 4.79 Å². The lowest BCUT2D eigenvalue weighted by molar-refractivity contribution is -0.131. The summed E-state index contributed by atoms with van der Waals surface area (Å²) in [6, 6.07) is 6.37. The molecule has 1 heterocycles. The third-order valence-electron chi connectivity index (χ3n) is 2.14. The summed E-state index contributed by atoms with van der Waals surface area (Å²) >= 11 is 0. The number of methoxy groups -OCH3 is 1. The Balaban J connectivity index is 2.40. The van der Waals surface area contributed by atoms with Crippen molar-refractivity contribution in [3.8, 4) is 5.75 Å². The summed E-state index contributed by atoms with van der Waals surface area (Å²) in [7, 11) is 1.28. The molecule has 88 valence electrons. The Morgan fingerprint density at radius 2 is 2.00 bits per heavy atom. The van der Waals surface area contributed by atoms with Crippen LogP contribution in [0.25, 0.3) is 11.0 Å². The molecule has 0 N–H and O–H groups in total. The van der Waals surface area contributed by atoms with Crippen molar-refractivity contribution in [2.75, 3.05) is 7.11 Å². The molecule has 1 aromatic carbocycles. The zero-order chi connectivity index (χ0) is 12.4. The van der Waals surface area contributed by atoms with Gasteiger partial charge in [-0.1, -0.05) is 0 Å². The van der Waals surface area contributed by atoms with Crippen LogP contribution in [0.4, 0.5) is 0 Å². The first-order valence-corrected chi connectivity index (χ1v) is 4.90. The number of fused-ring (bicyclic) bond motifs is 1. The summed E-state index contributed by atoms with van der Waals surface area (Å²) in [6.07, 6.45) is 0. The van der Waals surface area contributed by atoms with Gasteiger partial charge in [-0.15, -0.1) is 0 Å². The van der Waals surface area contributed by atoms with Crippen molar-refractivity contribution in [3.63, 3.8) is 0 Å². The highest BCUT2D eigenvalue weighted by atomic mass is 16.5. The molecular weight excluding hydrogens is 224 g/mol. The minimum atomic E-state index is -0.546. The van der Waals surface area contributed by atoms with Crippen LogP contribution in [0.5, 0.6) is 5.75 Å². The third-order valence-corrected chi connectivity index (χ3v) is 2.14. The van der Waals surface area contributed by atoms with Crippen LogP contribution in [0.3, 0.4) is 0 Å². The van der Waals surface area contributed by atoms with Gasteiger partial charge in [0.05, 0.1) is 7.11 Å². The van der Waals surface area contributed by atoms with E-state index in [1.54, 1.807) is 18.2 Å². The average molecular weight is 234 g/mol.